The van der Waals surface area contributed by atoms with Crippen molar-refractivity contribution >= 4 is 16.6 Å². The van der Waals surface area contributed by atoms with Gasteiger partial charge in [0, 0.05) is 33.1 Å². The minimum atomic E-state index is -0.125. The molecular weight excluding hydrogens is 510 g/mol. The molecule has 0 amide bonds. The minimum absolute atomic E-state index is 0. The Morgan fingerprint density at radius 2 is 1.88 bits per heavy atom. The molecule has 1 radical (unpaired) electrons. The maximum Gasteiger partial charge on any atom is 0.309 e. The van der Waals surface area contributed by atoms with Gasteiger partial charge in [-0.3, -0.25) is 4.79 Å². The molecular formula is C20H20IrNO4-. The van der Waals surface area contributed by atoms with Gasteiger partial charge in [0.05, 0.1) is 5.76 Å². The van der Waals surface area contributed by atoms with Crippen LogP contribution in [0.25, 0.3) is 22.2 Å². The van der Waals surface area contributed by atoms with Crippen LogP contribution in [-0.2, 0) is 24.9 Å². The van der Waals surface area contributed by atoms with Crippen LogP contribution in [0.1, 0.15) is 25.3 Å². The van der Waals surface area contributed by atoms with Crippen molar-refractivity contribution in [3.05, 3.63) is 71.0 Å². The number of aromatic nitrogens is 1. The molecule has 0 atom stereocenters. The van der Waals surface area contributed by atoms with Gasteiger partial charge < -0.3 is 14.7 Å². The van der Waals surface area contributed by atoms with E-state index in [4.69, 9.17) is 9.52 Å². The van der Waals surface area contributed by atoms with Crippen molar-refractivity contribution < 1.29 is 39.2 Å². The normalized spacial score (nSPS) is 10.7. The van der Waals surface area contributed by atoms with Gasteiger partial charge in [0.1, 0.15) is 0 Å². The largest absolute Gasteiger partial charge is 0.624 e. The summed E-state index contributed by atoms with van der Waals surface area (Å²) < 4.78 is 6.39. The van der Waals surface area contributed by atoms with E-state index in [1.54, 1.807) is 13.8 Å². The monoisotopic (exact) mass is 531 g/mol. The number of carbonyl (C=O) groups is 1. The first-order valence-electron chi connectivity index (χ1n) is 7.78. The number of oxazole rings is 1. The van der Waals surface area contributed by atoms with Crippen molar-refractivity contribution in [3.8, 4) is 11.5 Å². The predicted molar refractivity (Wildman–Crippen MR) is 96.0 cm³/mol. The second-order valence-electron chi connectivity index (χ2n) is 5.68. The number of aliphatic hydroxyl groups is 1. The fraction of sp³-hybridized carbons (Fsp3) is 0.200. The first-order valence-corrected chi connectivity index (χ1v) is 7.78. The molecule has 139 valence electrons. The van der Waals surface area contributed by atoms with E-state index >= 15 is 0 Å². The number of carbonyl (C=O) groups excluding carboxylic acids is 1. The summed E-state index contributed by atoms with van der Waals surface area (Å²) in [6.07, 6.45) is 1.17. The zero-order chi connectivity index (χ0) is 18.6. The Morgan fingerprint density at radius 3 is 2.38 bits per heavy atom. The Morgan fingerprint density at radius 1 is 1.23 bits per heavy atom. The average Bonchev–Trinajstić information content (AvgIpc) is 2.81. The van der Waals surface area contributed by atoms with Gasteiger partial charge in [-0.1, -0.05) is 29.7 Å². The second kappa shape index (κ2) is 9.32. The van der Waals surface area contributed by atoms with Gasteiger partial charge >= 0.3 is 5.89 Å². The molecule has 5 nitrogen and oxygen atoms in total. The number of ketones is 1. The summed E-state index contributed by atoms with van der Waals surface area (Å²) in [6.45, 7) is 6.39. The van der Waals surface area contributed by atoms with Crippen molar-refractivity contribution in [1.82, 2.24) is 0 Å². The zero-order valence-corrected chi connectivity index (χ0v) is 17.4. The van der Waals surface area contributed by atoms with Crippen LogP contribution in [-0.4, -0.2) is 10.9 Å². The molecule has 1 heterocycles. The van der Waals surface area contributed by atoms with E-state index in [1.165, 1.54) is 19.9 Å². The third-order valence-electron chi connectivity index (χ3n) is 3.60. The Bertz CT molecular complexity index is 935. The Labute approximate surface area is 165 Å². The summed E-state index contributed by atoms with van der Waals surface area (Å²) in [7, 11) is 0. The number of aliphatic hydroxyl groups excluding tert-OH is 1. The first-order chi connectivity index (χ1) is 11.8. The Balaban J connectivity index is 0.000000366. The Hall–Kier alpha value is -2.43. The zero-order valence-electron chi connectivity index (χ0n) is 15.0. The molecule has 1 N–H and O–H groups in total. The van der Waals surface area contributed by atoms with E-state index in [-0.39, 0.29) is 31.6 Å². The molecule has 0 unspecified atom stereocenters. The number of hydrogen-bond acceptors (Lipinski definition) is 4. The maximum atomic E-state index is 12.0. The van der Waals surface area contributed by atoms with Gasteiger partial charge in [-0.05, 0) is 26.3 Å². The van der Waals surface area contributed by atoms with Gasteiger partial charge in [-0.15, -0.1) is 23.6 Å². The van der Waals surface area contributed by atoms with Gasteiger partial charge in [-0.25, -0.2) is 0 Å². The second-order valence-corrected chi connectivity index (χ2v) is 5.68. The van der Waals surface area contributed by atoms with Gasteiger partial charge in [0.25, 0.3) is 0 Å². The Kier molecular flexibility index (Phi) is 7.75. The maximum absolute atomic E-state index is 12.0. The molecule has 3 aromatic rings. The summed E-state index contributed by atoms with van der Waals surface area (Å²) in [5, 5.41) is 22.4. The van der Waals surface area contributed by atoms with Crippen LogP contribution in [0.5, 0.6) is 0 Å². The molecule has 0 saturated carbocycles. The number of fused-ring (bicyclic) bond motifs is 1. The number of rotatable bonds is 2. The minimum Gasteiger partial charge on any atom is -0.624 e. The van der Waals surface area contributed by atoms with Crippen LogP contribution in [0.4, 0.5) is 0 Å². The number of allylic oxidation sites excluding steroid dienone is 2. The number of aryl methyl sites for hydroxylation is 1. The molecule has 26 heavy (non-hydrogen) atoms. The summed E-state index contributed by atoms with van der Waals surface area (Å²) in [5.74, 6) is 0.885. The average molecular weight is 531 g/mol. The van der Waals surface area contributed by atoms with Crippen LogP contribution in [0.3, 0.4) is 0 Å². The third kappa shape index (κ3) is 5.04. The van der Waals surface area contributed by atoms with Crippen molar-refractivity contribution in [2.75, 3.05) is 0 Å². The van der Waals surface area contributed by atoms with Crippen LogP contribution < -0.4 is 4.73 Å². The number of nitrogens with zero attached hydrogens (tertiary/aromatic N) is 1. The SMILES string of the molecule is CC(=O)/C=C(/C)O.Cc1oc(-c2[c-]ccc3ccccc23)[n+]([O-])c1C.[Ir]. The fourth-order valence-electron chi connectivity index (χ4n) is 2.34. The third-order valence-corrected chi connectivity index (χ3v) is 3.60. The van der Waals surface area contributed by atoms with Crippen molar-refractivity contribution in [2.45, 2.75) is 27.7 Å². The molecule has 0 fully saturated rings. The van der Waals surface area contributed by atoms with Crippen LogP contribution in [0.15, 0.2) is 52.7 Å². The molecule has 2 aromatic carbocycles. The summed E-state index contributed by atoms with van der Waals surface area (Å²) >= 11 is 0. The van der Waals surface area contributed by atoms with Gasteiger partial charge in [-0.2, -0.15) is 4.73 Å². The molecule has 3 rings (SSSR count). The smallest absolute Gasteiger partial charge is 0.309 e. The molecule has 0 aliphatic carbocycles. The summed E-state index contributed by atoms with van der Waals surface area (Å²) in [6, 6.07) is 14.8. The van der Waals surface area contributed by atoms with E-state index in [2.05, 4.69) is 6.07 Å². The first kappa shape index (κ1) is 21.6. The van der Waals surface area contributed by atoms with Crippen molar-refractivity contribution in [3.63, 3.8) is 0 Å². The van der Waals surface area contributed by atoms with Gasteiger partial charge in [0.2, 0.25) is 5.69 Å². The van der Waals surface area contributed by atoms with Gasteiger partial charge in [0.15, 0.2) is 11.5 Å². The summed E-state index contributed by atoms with van der Waals surface area (Å²) in [4.78, 5) is 10.0. The fourth-order valence-corrected chi connectivity index (χ4v) is 2.34. The molecule has 0 bridgehead atoms. The van der Waals surface area contributed by atoms with Crippen molar-refractivity contribution in [1.29, 1.82) is 0 Å². The predicted octanol–water partition coefficient (Wildman–Crippen LogP) is 4.18. The van der Waals surface area contributed by atoms with Crippen LogP contribution in [0, 0.1) is 25.1 Å². The van der Waals surface area contributed by atoms with E-state index in [1.807, 2.05) is 36.4 Å². The van der Waals surface area contributed by atoms with E-state index in [9.17, 15) is 10.0 Å². The van der Waals surface area contributed by atoms with Crippen LogP contribution in [0.2, 0.25) is 0 Å². The van der Waals surface area contributed by atoms with E-state index in [0.29, 0.717) is 22.9 Å². The molecule has 0 aliphatic heterocycles. The number of benzene rings is 2. The molecule has 6 heteroatoms. The standard InChI is InChI=1S/C15H12NO2.C5H8O2.Ir/c1-10-11(2)18-15(16(10)17)14-9-5-7-12-6-3-4-8-13(12)14;1-4(6)3-5(2)7;/h3-8H,1-2H3;3,6H,1-2H3;/q-1;;/b;4-3-;. The van der Waals surface area contributed by atoms with Crippen molar-refractivity contribution in [2.24, 2.45) is 0 Å². The molecule has 0 spiro atoms. The summed E-state index contributed by atoms with van der Waals surface area (Å²) in [5.41, 5.74) is 1.30. The van der Waals surface area contributed by atoms with E-state index < -0.39 is 0 Å². The molecule has 0 aliphatic rings. The molecule has 0 saturated heterocycles. The quantitative estimate of drug-likeness (QED) is 0.177. The molecule has 1 aromatic heterocycles. The topological polar surface area (TPSA) is 77.4 Å². The number of hydrogen-bond donors (Lipinski definition) is 1. The van der Waals surface area contributed by atoms with E-state index in [0.717, 1.165) is 15.5 Å². The van der Waals surface area contributed by atoms with Crippen LogP contribution >= 0.6 is 0 Å².